The van der Waals surface area contributed by atoms with Crippen molar-refractivity contribution >= 4 is 0 Å². The number of rotatable bonds is 6. The molecule has 0 aromatic heterocycles. The molecule has 1 saturated carbocycles. The Kier molecular flexibility index (Phi) is 6.25. The van der Waals surface area contributed by atoms with Gasteiger partial charge in [0.2, 0.25) is 0 Å². The molecule has 0 radical (unpaired) electrons. The Hall–Kier alpha value is -0.860. The molecule has 2 nitrogen and oxygen atoms in total. The first-order valence-electron chi connectivity index (χ1n) is 8.60. The Morgan fingerprint density at radius 3 is 2.29 bits per heavy atom. The molecule has 0 heterocycles. The van der Waals surface area contributed by atoms with Crippen LogP contribution in [0.3, 0.4) is 0 Å². The highest BCUT2D eigenvalue weighted by molar-refractivity contribution is 5.29. The van der Waals surface area contributed by atoms with Gasteiger partial charge in [-0.05, 0) is 45.2 Å². The lowest BCUT2D eigenvalue weighted by molar-refractivity contribution is 0.112. The summed E-state index contributed by atoms with van der Waals surface area (Å²) in [6.07, 6.45) is 7.34. The SMILES string of the molecule is CCN(CCC(O)c1cc(C)cc(C)c1)C1CCCCC1. The lowest BCUT2D eigenvalue weighted by Gasteiger charge is -2.34. The van der Waals surface area contributed by atoms with Crippen LogP contribution in [0.25, 0.3) is 0 Å². The van der Waals surface area contributed by atoms with Crippen LogP contribution in [0.2, 0.25) is 0 Å². The fourth-order valence-electron chi connectivity index (χ4n) is 3.70. The van der Waals surface area contributed by atoms with Gasteiger partial charge in [-0.25, -0.2) is 0 Å². The van der Waals surface area contributed by atoms with E-state index in [1.807, 2.05) is 0 Å². The Morgan fingerprint density at radius 1 is 1.10 bits per heavy atom. The summed E-state index contributed by atoms with van der Waals surface area (Å²) in [6.45, 7) is 8.56. The molecule has 1 aliphatic carbocycles. The topological polar surface area (TPSA) is 23.5 Å². The van der Waals surface area contributed by atoms with Crippen molar-refractivity contribution in [3.63, 3.8) is 0 Å². The predicted molar refractivity (Wildman–Crippen MR) is 89.6 cm³/mol. The standard InChI is InChI=1S/C19H31NO/c1-4-20(18-8-6-5-7-9-18)11-10-19(21)17-13-15(2)12-16(3)14-17/h12-14,18-19,21H,4-11H2,1-3H3. The molecular formula is C19H31NO. The molecule has 1 aromatic carbocycles. The van der Waals surface area contributed by atoms with Crippen molar-refractivity contribution in [2.75, 3.05) is 13.1 Å². The van der Waals surface area contributed by atoms with E-state index in [4.69, 9.17) is 0 Å². The van der Waals surface area contributed by atoms with Gasteiger partial charge in [0.05, 0.1) is 6.10 Å². The fraction of sp³-hybridized carbons (Fsp3) is 0.684. The molecular weight excluding hydrogens is 258 g/mol. The largest absolute Gasteiger partial charge is 0.388 e. The number of aryl methyl sites for hydroxylation is 2. The van der Waals surface area contributed by atoms with Crippen LogP contribution in [-0.4, -0.2) is 29.1 Å². The number of nitrogens with zero attached hydrogens (tertiary/aromatic N) is 1. The summed E-state index contributed by atoms with van der Waals surface area (Å²) in [7, 11) is 0. The van der Waals surface area contributed by atoms with E-state index in [1.54, 1.807) is 0 Å². The fourth-order valence-corrected chi connectivity index (χ4v) is 3.70. The number of aliphatic hydroxyl groups excluding tert-OH is 1. The van der Waals surface area contributed by atoms with Gasteiger partial charge in [0.1, 0.15) is 0 Å². The zero-order valence-electron chi connectivity index (χ0n) is 13.9. The summed E-state index contributed by atoms with van der Waals surface area (Å²) in [6, 6.07) is 7.15. The normalized spacial score (nSPS) is 18.1. The van der Waals surface area contributed by atoms with Crippen molar-refractivity contribution in [2.45, 2.75) is 71.4 Å². The summed E-state index contributed by atoms with van der Waals surface area (Å²) in [5.41, 5.74) is 3.56. The first-order valence-corrected chi connectivity index (χ1v) is 8.60. The van der Waals surface area contributed by atoms with Gasteiger partial charge in [0.25, 0.3) is 0 Å². The molecule has 21 heavy (non-hydrogen) atoms. The molecule has 1 unspecified atom stereocenters. The van der Waals surface area contributed by atoms with Gasteiger partial charge in [-0.3, -0.25) is 0 Å². The van der Waals surface area contributed by atoms with Gasteiger partial charge < -0.3 is 10.0 Å². The predicted octanol–water partition coefficient (Wildman–Crippen LogP) is 4.38. The van der Waals surface area contributed by atoms with E-state index >= 15 is 0 Å². The Bertz CT molecular complexity index is 417. The van der Waals surface area contributed by atoms with Gasteiger partial charge in [-0.15, -0.1) is 0 Å². The minimum Gasteiger partial charge on any atom is -0.388 e. The smallest absolute Gasteiger partial charge is 0.0802 e. The maximum Gasteiger partial charge on any atom is 0.0802 e. The number of hydrogen-bond acceptors (Lipinski definition) is 2. The zero-order chi connectivity index (χ0) is 15.2. The second-order valence-electron chi connectivity index (χ2n) is 6.65. The molecule has 0 aliphatic heterocycles. The van der Waals surface area contributed by atoms with Gasteiger partial charge in [0, 0.05) is 12.6 Å². The maximum atomic E-state index is 10.5. The molecule has 2 heteroatoms. The number of hydrogen-bond donors (Lipinski definition) is 1. The Labute approximate surface area is 130 Å². The zero-order valence-corrected chi connectivity index (χ0v) is 13.9. The van der Waals surface area contributed by atoms with Crippen molar-refractivity contribution in [1.29, 1.82) is 0 Å². The first-order chi connectivity index (χ1) is 10.1. The number of aliphatic hydroxyl groups is 1. The van der Waals surface area contributed by atoms with Crippen LogP contribution < -0.4 is 0 Å². The molecule has 1 N–H and O–H groups in total. The molecule has 1 atom stereocenters. The highest BCUT2D eigenvalue weighted by atomic mass is 16.3. The van der Waals surface area contributed by atoms with Gasteiger partial charge in [0.15, 0.2) is 0 Å². The summed E-state index contributed by atoms with van der Waals surface area (Å²) >= 11 is 0. The lowest BCUT2D eigenvalue weighted by Crippen LogP contribution is -2.37. The first kappa shape index (κ1) is 16.5. The van der Waals surface area contributed by atoms with Crippen LogP contribution in [0.4, 0.5) is 0 Å². The second kappa shape index (κ2) is 7.95. The average Bonchev–Trinajstić information content (AvgIpc) is 2.47. The monoisotopic (exact) mass is 289 g/mol. The summed E-state index contributed by atoms with van der Waals surface area (Å²) in [4.78, 5) is 2.57. The molecule has 1 aromatic rings. The third-order valence-electron chi connectivity index (χ3n) is 4.82. The van der Waals surface area contributed by atoms with Gasteiger partial charge in [-0.2, -0.15) is 0 Å². The molecule has 2 rings (SSSR count). The van der Waals surface area contributed by atoms with Crippen LogP contribution >= 0.6 is 0 Å². The van der Waals surface area contributed by atoms with Crippen LogP contribution in [0.5, 0.6) is 0 Å². The van der Waals surface area contributed by atoms with E-state index in [0.717, 1.165) is 31.1 Å². The van der Waals surface area contributed by atoms with Crippen LogP contribution in [-0.2, 0) is 0 Å². The van der Waals surface area contributed by atoms with E-state index in [1.165, 1.54) is 43.2 Å². The highest BCUT2D eigenvalue weighted by Crippen LogP contribution is 2.25. The molecule has 0 saturated heterocycles. The third-order valence-corrected chi connectivity index (χ3v) is 4.82. The summed E-state index contributed by atoms with van der Waals surface area (Å²) in [5.74, 6) is 0. The van der Waals surface area contributed by atoms with E-state index in [2.05, 4.69) is 43.9 Å². The van der Waals surface area contributed by atoms with Crippen LogP contribution in [0.1, 0.15) is 68.2 Å². The summed E-state index contributed by atoms with van der Waals surface area (Å²) in [5, 5.41) is 10.5. The molecule has 118 valence electrons. The van der Waals surface area contributed by atoms with E-state index < -0.39 is 0 Å². The van der Waals surface area contributed by atoms with Crippen molar-refractivity contribution in [1.82, 2.24) is 4.90 Å². The van der Waals surface area contributed by atoms with Crippen LogP contribution in [0.15, 0.2) is 18.2 Å². The van der Waals surface area contributed by atoms with E-state index in [9.17, 15) is 5.11 Å². The quantitative estimate of drug-likeness (QED) is 0.840. The Morgan fingerprint density at radius 2 is 1.71 bits per heavy atom. The van der Waals surface area contributed by atoms with Crippen LogP contribution in [0, 0.1) is 13.8 Å². The minimum atomic E-state index is -0.332. The summed E-state index contributed by atoms with van der Waals surface area (Å²) < 4.78 is 0. The van der Waals surface area contributed by atoms with Gasteiger partial charge in [-0.1, -0.05) is 55.5 Å². The number of benzene rings is 1. The molecule has 0 amide bonds. The second-order valence-corrected chi connectivity index (χ2v) is 6.65. The average molecular weight is 289 g/mol. The van der Waals surface area contributed by atoms with Crippen molar-refractivity contribution in [2.24, 2.45) is 0 Å². The van der Waals surface area contributed by atoms with Crippen molar-refractivity contribution in [3.8, 4) is 0 Å². The Balaban J connectivity index is 1.90. The molecule has 1 aliphatic rings. The lowest BCUT2D eigenvalue weighted by atomic mass is 9.93. The molecule has 0 spiro atoms. The van der Waals surface area contributed by atoms with E-state index in [-0.39, 0.29) is 6.10 Å². The van der Waals surface area contributed by atoms with Crippen molar-refractivity contribution < 1.29 is 5.11 Å². The van der Waals surface area contributed by atoms with Gasteiger partial charge >= 0.3 is 0 Å². The molecule has 0 bridgehead atoms. The van der Waals surface area contributed by atoms with E-state index in [0.29, 0.717) is 0 Å². The third kappa shape index (κ3) is 4.82. The molecule has 1 fully saturated rings. The van der Waals surface area contributed by atoms with Crippen molar-refractivity contribution in [3.05, 3.63) is 34.9 Å². The highest BCUT2D eigenvalue weighted by Gasteiger charge is 2.20. The minimum absolute atomic E-state index is 0.332. The maximum absolute atomic E-state index is 10.5.